The fraction of sp³-hybridized carbons (Fsp3) is 0.923. The van der Waals surface area contributed by atoms with Gasteiger partial charge in [-0.05, 0) is 33.1 Å². The summed E-state index contributed by atoms with van der Waals surface area (Å²) in [7, 11) is 0. The summed E-state index contributed by atoms with van der Waals surface area (Å²) in [6.45, 7) is 16.0. The number of hydrogen-bond donors (Lipinski definition) is 1. The van der Waals surface area contributed by atoms with Crippen LogP contribution in [0.5, 0.6) is 0 Å². The maximum absolute atomic E-state index is 11.2. The monoisotopic (exact) mass is 229 g/mol. The van der Waals surface area contributed by atoms with Gasteiger partial charge in [0.05, 0.1) is 17.7 Å². The molecule has 0 aromatic rings. The van der Waals surface area contributed by atoms with E-state index in [2.05, 4.69) is 26.1 Å². The van der Waals surface area contributed by atoms with Crippen LogP contribution in [-0.2, 0) is 9.53 Å². The highest BCUT2D eigenvalue weighted by atomic mass is 16.5. The number of rotatable bonds is 3. The molecule has 0 heterocycles. The predicted octanol–water partition coefficient (Wildman–Crippen LogP) is 2.74. The van der Waals surface area contributed by atoms with Crippen LogP contribution in [0.2, 0.25) is 0 Å². The Bertz CT molecular complexity index is 235. The van der Waals surface area contributed by atoms with E-state index in [1.54, 1.807) is 6.92 Å². The summed E-state index contributed by atoms with van der Waals surface area (Å²) in [4.78, 5) is 11.2. The van der Waals surface area contributed by atoms with Gasteiger partial charge < -0.3 is 10.1 Å². The minimum atomic E-state index is -0.193. The van der Waals surface area contributed by atoms with Gasteiger partial charge in [-0.1, -0.05) is 20.8 Å². The molecule has 0 rings (SSSR count). The highest BCUT2D eigenvalue weighted by Crippen LogP contribution is 2.25. The van der Waals surface area contributed by atoms with Crippen molar-refractivity contribution in [2.75, 3.05) is 0 Å². The quantitative estimate of drug-likeness (QED) is 0.808. The van der Waals surface area contributed by atoms with Crippen LogP contribution in [0.4, 0.5) is 0 Å². The van der Waals surface area contributed by atoms with E-state index >= 15 is 0 Å². The third kappa shape index (κ3) is 6.11. The summed E-state index contributed by atoms with van der Waals surface area (Å²) in [5.74, 6) is -0.00992. The molecule has 0 radical (unpaired) electrons. The summed E-state index contributed by atoms with van der Waals surface area (Å²) < 4.78 is 5.91. The lowest BCUT2D eigenvalue weighted by Gasteiger charge is -2.38. The van der Waals surface area contributed by atoms with E-state index in [9.17, 15) is 4.79 Å². The zero-order chi connectivity index (χ0) is 13.1. The first-order valence-electron chi connectivity index (χ1n) is 5.88. The van der Waals surface area contributed by atoms with Crippen molar-refractivity contribution in [3.63, 3.8) is 0 Å². The topological polar surface area (TPSA) is 38.3 Å². The van der Waals surface area contributed by atoms with Gasteiger partial charge in [0.1, 0.15) is 0 Å². The average Bonchev–Trinajstić information content (AvgIpc) is 1.93. The molecule has 16 heavy (non-hydrogen) atoms. The second-order valence-electron chi connectivity index (χ2n) is 6.48. The van der Waals surface area contributed by atoms with Gasteiger partial charge in [-0.3, -0.25) is 4.79 Å². The molecule has 0 aliphatic rings. The molecule has 0 spiro atoms. The first kappa shape index (κ1) is 15.4. The number of nitrogens with one attached hydrogen (secondary N) is 1. The molecule has 0 fully saturated rings. The molecule has 1 amide bonds. The van der Waals surface area contributed by atoms with Gasteiger partial charge >= 0.3 is 0 Å². The Labute approximate surface area is 99.9 Å². The van der Waals surface area contributed by atoms with E-state index in [0.717, 1.165) is 0 Å². The van der Waals surface area contributed by atoms with Crippen LogP contribution >= 0.6 is 0 Å². The molecule has 1 N–H and O–H groups in total. The van der Waals surface area contributed by atoms with Gasteiger partial charge in [0.25, 0.3) is 0 Å². The van der Waals surface area contributed by atoms with Crippen molar-refractivity contribution in [2.24, 2.45) is 5.41 Å². The van der Waals surface area contributed by atoms with Crippen molar-refractivity contribution in [2.45, 2.75) is 73.1 Å². The lowest BCUT2D eigenvalue weighted by Crippen LogP contribution is -2.52. The number of hydrogen-bond acceptors (Lipinski definition) is 2. The van der Waals surface area contributed by atoms with E-state index in [-0.39, 0.29) is 29.1 Å². The van der Waals surface area contributed by atoms with Crippen LogP contribution in [-0.4, -0.2) is 23.7 Å². The van der Waals surface area contributed by atoms with Crippen molar-refractivity contribution >= 4 is 5.91 Å². The normalized spacial score (nSPS) is 16.8. The summed E-state index contributed by atoms with van der Waals surface area (Å²) in [5.41, 5.74) is -0.211. The van der Waals surface area contributed by atoms with Gasteiger partial charge in [-0.25, -0.2) is 0 Å². The van der Waals surface area contributed by atoms with E-state index in [0.29, 0.717) is 0 Å². The summed E-state index contributed by atoms with van der Waals surface area (Å²) in [5, 5.41) is 2.98. The van der Waals surface area contributed by atoms with Gasteiger partial charge in [0.15, 0.2) is 0 Å². The lowest BCUT2D eigenvalue weighted by molar-refractivity contribution is -0.125. The first-order chi connectivity index (χ1) is 6.93. The molecule has 2 atom stereocenters. The Morgan fingerprint density at radius 2 is 1.56 bits per heavy atom. The molecule has 2 unspecified atom stereocenters. The van der Waals surface area contributed by atoms with E-state index < -0.39 is 0 Å². The first-order valence-corrected chi connectivity index (χ1v) is 5.88. The van der Waals surface area contributed by atoms with Crippen LogP contribution < -0.4 is 5.32 Å². The van der Waals surface area contributed by atoms with Crippen LogP contribution in [0, 0.1) is 5.41 Å². The van der Waals surface area contributed by atoms with Crippen LogP contribution in [0.1, 0.15) is 55.4 Å². The van der Waals surface area contributed by atoms with Gasteiger partial charge in [-0.2, -0.15) is 0 Å². The van der Waals surface area contributed by atoms with Crippen molar-refractivity contribution in [1.82, 2.24) is 5.32 Å². The summed E-state index contributed by atoms with van der Waals surface area (Å²) >= 11 is 0. The SMILES string of the molecule is CC(=O)NC(C(C)OC(C)(C)C)C(C)(C)C. The maximum atomic E-state index is 11.2. The summed E-state index contributed by atoms with van der Waals surface area (Å²) in [6, 6.07) is 0.0178. The Morgan fingerprint density at radius 1 is 1.12 bits per heavy atom. The van der Waals surface area contributed by atoms with Crippen molar-refractivity contribution in [1.29, 1.82) is 0 Å². The summed E-state index contributed by atoms with van der Waals surface area (Å²) in [6.07, 6.45) is -0.0103. The second kappa shape index (κ2) is 5.17. The molecule has 0 saturated carbocycles. The average molecular weight is 229 g/mol. The van der Waals surface area contributed by atoms with Crippen molar-refractivity contribution < 1.29 is 9.53 Å². The van der Waals surface area contributed by atoms with Gasteiger partial charge in [0.2, 0.25) is 5.91 Å². The Balaban J connectivity index is 4.70. The zero-order valence-corrected chi connectivity index (χ0v) is 12.0. The standard InChI is InChI=1S/C13H27NO2/c1-9(16-13(6,7)8)11(12(3,4)5)14-10(2)15/h9,11H,1-8H3,(H,14,15). The largest absolute Gasteiger partial charge is 0.371 e. The third-order valence-corrected chi connectivity index (χ3v) is 2.30. The molecular weight excluding hydrogens is 202 g/mol. The van der Waals surface area contributed by atoms with Gasteiger partial charge in [0, 0.05) is 6.92 Å². The van der Waals surface area contributed by atoms with E-state index in [4.69, 9.17) is 4.74 Å². The predicted molar refractivity (Wildman–Crippen MR) is 67.4 cm³/mol. The van der Waals surface area contributed by atoms with E-state index in [1.165, 1.54) is 0 Å². The molecule has 0 bridgehead atoms. The smallest absolute Gasteiger partial charge is 0.217 e. The molecule has 3 heteroatoms. The van der Waals surface area contributed by atoms with Crippen LogP contribution in [0.3, 0.4) is 0 Å². The highest BCUT2D eigenvalue weighted by Gasteiger charge is 2.33. The molecular formula is C13H27NO2. The molecule has 0 aliphatic carbocycles. The lowest BCUT2D eigenvalue weighted by atomic mass is 9.83. The number of carbonyl (C=O) groups excluding carboxylic acids is 1. The molecule has 0 aromatic carbocycles. The maximum Gasteiger partial charge on any atom is 0.217 e. The Hall–Kier alpha value is -0.570. The number of ether oxygens (including phenoxy) is 1. The fourth-order valence-electron chi connectivity index (χ4n) is 1.88. The molecule has 0 saturated heterocycles. The number of carbonyl (C=O) groups is 1. The van der Waals surface area contributed by atoms with Gasteiger partial charge in [-0.15, -0.1) is 0 Å². The highest BCUT2D eigenvalue weighted by molar-refractivity contribution is 5.73. The minimum Gasteiger partial charge on any atom is -0.371 e. The fourth-order valence-corrected chi connectivity index (χ4v) is 1.88. The number of amides is 1. The third-order valence-electron chi connectivity index (χ3n) is 2.30. The molecule has 0 aromatic heterocycles. The molecule has 0 aliphatic heterocycles. The Morgan fingerprint density at radius 3 is 1.81 bits per heavy atom. The van der Waals surface area contributed by atoms with E-state index in [1.807, 2.05) is 27.7 Å². The molecule has 96 valence electrons. The second-order valence-corrected chi connectivity index (χ2v) is 6.48. The van der Waals surface area contributed by atoms with Crippen molar-refractivity contribution in [3.8, 4) is 0 Å². The minimum absolute atomic E-state index is 0.00992. The van der Waals surface area contributed by atoms with Crippen LogP contribution in [0.25, 0.3) is 0 Å². The molecule has 3 nitrogen and oxygen atoms in total. The van der Waals surface area contributed by atoms with Crippen LogP contribution in [0.15, 0.2) is 0 Å². The Kier molecular flexibility index (Phi) is 4.99. The van der Waals surface area contributed by atoms with Crippen molar-refractivity contribution in [3.05, 3.63) is 0 Å². The zero-order valence-electron chi connectivity index (χ0n) is 12.0.